The zero-order valence-corrected chi connectivity index (χ0v) is 13.1. The van der Waals surface area contributed by atoms with Crippen molar-refractivity contribution in [3.63, 3.8) is 0 Å². The van der Waals surface area contributed by atoms with Gasteiger partial charge in [-0.05, 0) is 37.5 Å². The number of aromatic amines is 1. The number of aryl methyl sites for hydroxylation is 1. The van der Waals surface area contributed by atoms with E-state index in [9.17, 15) is 0 Å². The fraction of sp³-hybridized carbons (Fsp3) is 0.529. The van der Waals surface area contributed by atoms with Crippen LogP contribution < -0.4 is 4.74 Å². The average molecular weight is 288 g/mol. The highest BCUT2D eigenvalue weighted by atomic mass is 16.5. The SMILES string of the molecule is COc1cc(C)c2[nH]ccc2c1CN1CCC(OC)CC1. The topological polar surface area (TPSA) is 37.5 Å². The molecule has 0 aliphatic carbocycles. The van der Waals surface area contributed by atoms with E-state index in [0.717, 1.165) is 38.2 Å². The Hall–Kier alpha value is -1.52. The Morgan fingerprint density at radius 1 is 1.29 bits per heavy atom. The van der Waals surface area contributed by atoms with Crippen LogP contribution in [0.5, 0.6) is 5.75 Å². The molecule has 1 saturated heterocycles. The number of aromatic nitrogens is 1. The van der Waals surface area contributed by atoms with E-state index in [1.54, 1.807) is 7.11 Å². The summed E-state index contributed by atoms with van der Waals surface area (Å²) in [5, 5.41) is 1.28. The van der Waals surface area contributed by atoms with E-state index in [4.69, 9.17) is 9.47 Å². The minimum atomic E-state index is 0.424. The third-order valence-corrected chi connectivity index (χ3v) is 4.58. The van der Waals surface area contributed by atoms with Gasteiger partial charge < -0.3 is 14.5 Å². The van der Waals surface area contributed by atoms with Crippen molar-refractivity contribution in [2.45, 2.75) is 32.4 Å². The monoisotopic (exact) mass is 288 g/mol. The normalized spacial score (nSPS) is 17.5. The summed E-state index contributed by atoms with van der Waals surface area (Å²) in [6.07, 6.45) is 4.66. The van der Waals surface area contributed by atoms with Gasteiger partial charge in [0.15, 0.2) is 0 Å². The molecule has 1 fully saturated rings. The van der Waals surface area contributed by atoms with Crippen molar-refractivity contribution < 1.29 is 9.47 Å². The van der Waals surface area contributed by atoms with E-state index in [0.29, 0.717) is 6.10 Å². The standard InChI is InChI=1S/C17H24N2O2/c1-12-10-16(21-3)15(14-4-7-18-17(12)14)11-19-8-5-13(20-2)6-9-19/h4,7,10,13,18H,5-6,8-9,11H2,1-3H3. The Morgan fingerprint density at radius 3 is 2.71 bits per heavy atom. The summed E-state index contributed by atoms with van der Waals surface area (Å²) < 4.78 is 11.1. The maximum absolute atomic E-state index is 5.62. The van der Waals surface area contributed by atoms with Gasteiger partial charge in [-0.3, -0.25) is 4.90 Å². The van der Waals surface area contributed by atoms with Crippen molar-refractivity contribution in [2.24, 2.45) is 0 Å². The smallest absolute Gasteiger partial charge is 0.124 e. The van der Waals surface area contributed by atoms with E-state index in [2.05, 4.69) is 28.9 Å². The predicted molar refractivity (Wildman–Crippen MR) is 84.9 cm³/mol. The van der Waals surface area contributed by atoms with Crippen LogP contribution in [-0.4, -0.2) is 43.3 Å². The molecule has 0 unspecified atom stereocenters. The molecule has 1 aliphatic heterocycles. The second-order valence-corrected chi connectivity index (χ2v) is 5.85. The van der Waals surface area contributed by atoms with Crippen molar-refractivity contribution >= 4 is 10.9 Å². The predicted octanol–water partition coefficient (Wildman–Crippen LogP) is 3.10. The Balaban J connectivity index is 1.86. The summed E-state index contributed by atoms with van der Waals surface area (Å²) in [5.41, 5.74) is 3.74. The molecule has 0 spiro atoms. The molecule has 0 amide bonds. The largest absolute Gasteiger partial charge is 0.496 e. The van der Waals surface area contributed by atoms with Crippen LogP contribution in [0.2, 0.25) is 0 Å². The molecule has 2 aromatic rings. The summed E-state index contributed by atoms with van der Waals surface area (Å²) in [5.74, 6) is 0.994. The zero-order chi connectivity index (χ0) is 14.8. The molecule has 0 atom stereocenters. The molecule has 1 aromatic heterocycles. The highest BCUT2D eigenvalue weighted by molar-refractivity contribution is 5.88. The van der Waals surface area contributed by atoms with Gasteiger partial charge in [0.1, 0.15) is 5.75 Å². The number of fused-ring (bicyclic) bond motifs is 1. The number of nitrogens with zero attached hydrogens (tertiary/aromatic N) is 1. The number of methoxy groups -OCH3 is 2. The van der Waals surface area contributed by atoms with Gasteiger partial charge in [0.05, 0.1) is 13.2 Å². The molecule has 0 saturated carbocycles. The molecule has 4 nitrogen and oxygen atoms in total. The first kappa shape index (κ1) is 14.4. The van der Waals surface area contributed by atoms with Crippen LogP contribution >= 0.6 is 0 Å². The van der Waals surface area contributed by atoms with Crippen LogP contribution in [-0.2, 0) is 11.3 Å². The van der Waals surface area contributed by atoms with Gasteiger partial charge in [0.25, 0.3) is 0 Å². The molecule has 3 rings (SSSR count). The first-order chi connectivity index (χ1) is 10.2. The molecule has 114 valence electrons. The van der Waals surface area contributed by atoms with Crippen molar-refractivity contribution in [1.29, 1.82) is 0 Å². The Labute approximate surface area is 126 Å². The number of benzene rings is 1. The van der Waals surface area contributed by atoms with Crippen LogP contribution in [0.1, 0.15) is 24.0 Å². The molecule has 0 radical (unpaired) electrons. The van der Waals surface area contributed by atoms with Gasteiger partial charge in [-0.15, -0.1) is 0 Å². The van der Waals surface area contributed by atoms with Gasteiger partial charge in [-0.2, -0.15) is 0 Å². The maximum Gasteiger partial charge on any atom is 0.124 e. The number of hydrogen-bond donors (Lipinski definition) is 1. The molecule has 4 heteroatoms. The van der Waals surface area contributed by atoms with Crippen molar-refractivity contribution in [2.75, 3.05) is 27.3 Å². The number of likely N-dealkylation sites (tertiary alicyclic amines) is 1. The Kier molecular flexibility index (Phi) is 4.17. The average Bonchev–Trinajstić information content (AvgIpc) is 3.00. The third kappa shape index (κ3) is 2.78. The van der Waals surface area contributed by atoms with E-state index in [1.165, 1.54) is 22.0 Å². The van der Waals surface area contributed by atoms with Gasteiger partial charge in [-0.1, -0.05) is 0 Å². The van der Waals surface area contributed by atoms with Crippen molar-refractivity contribution in [1.82, 2.24) is 9.88 Å². The van der Waals surface area contributed by atoms with Crippen LogP contribution in [0.4, 0.5) is 0 Å². The number of H-pyrrole nitrogens is 1. The highest BCUT2D eigenvalue weighted by Crippen LogP contribution is 2.32. The number of hydrogen-bond acceptors (Lipinski definition) is 3. The van der Waals surface area contributed by atoms with Gasteiger partial charge in [0.2, 0.25) is 0 Å². The fourth-order valence-corrected chi connectivity index (χ4v) is 3.31. The lowest BCUT2D eigenvalue weighted by Gasteiger charge is -2.31. The summed E-state index contributed by atoms with van der Waals surface area (Å²) in [7, 11) is 3.57. The quantitative estimate of drug-likeness (QED) is 0.939. The first-order valence-corrected chi connectivity index (χ1v) is 7.61. The number of nitrogens with one attached hydrogen (secondary N) is 1. The summed E-state index contributed by atoms with van der Waals surface area (Å²) in [6.45, 7) is 5.23. The number of rotatable bonds is 4. The summed E-state index contributed by atoms with van der Waals surface area (Å²) in [6, 6.07) is 4.29. The molecule has 2 heterocycles. The summed E-state index contributed by atoms with van der Waals surface area (Å²) in [4.78, 5) is 5.83. The number of piperidine rings is 1. The van der Waals surface area contributed by atoms with Crippen LogP contribution in [0.3, 0.4) is 0 Å². The molecule has 1 N–H and O–H groups in total. The lowest BCUT2D eigenvalue weighted by molar-refractivity contribution is 0.0388. The fourth-order valence-electron chi connectivity index (χ4n) is 3.31. The van der Waals surface area contributed by atoms with Gasteiger partial charge >= 0.3 is 0 Å². The zero-order valence-electron chi connectivity index (χ0n) is 13.1. The van der Waals surface area contributed by atoms with Gasteiger partial charge in [-0.25, -0.2) is 0 Å². The molecule has 1 aromatic carbocycles. The summed E-state index contributed by atoms with van der Waals surface area (Å²) >= 11 is 0. The van der Waals surface area contributed by atoms with E-state index in [-0.39, 0.29) is 0 Å². The van der Waals surface area contributed by atoms with Crippen LogP contribution in [0.25, 0.3) is 10.9 Å². The van der Waals surface area contributed by atoms with Crippen LogP contribution in [0, 0.1) is 6.92 Å². The Morgan fingerprint density at radius 2 is 2.05 bits per heavy atom. The third-order valence-electron chi connectivity index (χ3n) is 4.58. The van der Waals surface area contributed by atoms with E-state index < -0.39 is 0 Å². The molecular weight excluding hydrogens is 264 g/mol. The van der Waals surface area contributed by atoms with E-state index >= 15 is 0 Å². The van der Waals surface area contributed by atoms with Crippen molar-refractivity contribution in [3.05, 3.63) is 29.5 Å². The van der Waals surface area contributed by atoms with Crippen LogP contribution in [0.15, 0.2) is 18.3 Å². The molecule has 1 aliphatic rings. The Bertz CT molecular complexity index is 613. The minimum absolute atomic E-state index is 0.424. The highest BCUT2D eigenvalue weighted by Gasteiger charge is 2.21. The molecular formula is C17H24N2O2. The maximum atomic E-state index is 5.62. The second-order valence-electron chi connectivity index (χ2n) is 5.85. The van der Waals surface area contributed by atoms with E-state index in [1.807, 2.05) is 13.3 Å². The molecule has 0 bridgehead atoms. The minimum Gasteiger partial charge on any atom is -0.496 e. The lowest BCUT2D eigenvalue weighted by atomic mass is 10.0. The second kappa shape index (κ2) is 6.08. The first-order valence-electron chi connectivity index (χ1n) is 7.61. The number of ether oxygens (including phenoxy) is 2. The molecule has 21 heavy (non-hydrogen) atoms. The lowest BCUT2D eigenvalue weighted by Crippen LogP contribution is -2.36. The van der Waals surface area contributed by atoms with Gasteiger partial charge in [0, 0.05) is 49.4 Å². The van der Waals surface area contributed by atoms with Crippen molar-refractivity contribution in [3.8, 4) is 5.75 Å².